The SMILES string of the molecule is Cn1cc(C2CCCCN2C(=O)OCC2CC2)cn1. The molecule has 0 aromatic carbocycles. The van der Waals surface area contributed by atoms with Crippen LogP contribution in [0, 0.1) is 5.92 Å². The molecule has 1 aliphatic heterocycles. The summed E-state index contributed by atoms with van der Waals surface area (Å²) in [5.74, 6) is 0.616. The number of ether oxygens (including phenoxy) is 1. The summed E-state index contributed by atoms with van der Waals surface area (Å²) in [4.78, 5) is 14.1. The van der Waals surface area contributed by atoms with Gasteiger partial charge in [-0.2, -0.15) is 5.10 Å². The molecule has 5 heteroatoms. The summed E-state index contributed by atoms with van der Waals surface area (Å²) >= 11 is 0. The molecule has 2 heterocycles. The number of amides is 1. The molecular formula is C14H21N3O2. The number of piperidine rings is 1. The lowest BCUT2D eigenvalue weighted by Gasteiger charge is -2.34. The van der Waals surface area contributed by atoms with Crippen LogP contribution >= 0.6 is 0 Å². The third-order valence-electron chi connectivity index (χ3n) is 3.99. The zero-order valence-corrected chi connectivity index (χ0v) is 11.4. The number of aryl methyl sites for hydroxylation is 1. The van der Waals surface area contributed by atoms with Gasteiger partial charge in [-0.3, -0.25) is 4.68 Å². The minimum Gasteiger partial charge on any atom is -0.449 e. The molecule has 104 valence electrons. The van der Waals surface area contributed by atoms with E-state index in [1.54, 1.807) is 4.68 Å². The third kappa shape index (κ3) is 2.91. The second-order valence-corrected chi connectivity index (χ2v) is 5.67. The Labute approximate surface area is 113 Å². The number of hydrogen-bond donors (Lipinski definition) is 0. The summed E-state index contributed by atoms with van der Waals surface area (Å²) in [6.45, 7) is 1.39. The first kappa shape index (κ1) is 12.5. The Bertz CT molecular complexity index is 453. The number of likely N-dealkylation sites (tertiary alicyclic amines) is 1. The van der Waals surface area contributed by atoms with Gasteiger partial charge in [0.05, 0.1) is 18.8 Å². The van der Waals surface area contributed by atoms with Crippen molar-refractivity contribution in [2.24, 2.45) is 13.0 Å². The molecule has 1 amide bonds. The molecule has 2 fully saturated rings. The fourth-order valence-corrected chi connectivity index (χ4v) is 2.67. The minimum atomic E-state index is -0.152. The van der Waals surface area contributed by atoms with Gasteiger partial charge < -0.3 is 9.64 Å². The molecule has 5 nitrogen and oxygen atoms in total. The number of rotatable bonds is 3. The van der Waals surface area contributed by atoms with E-state index in [2.05, 4.69) is 5.10 Å². The van der Waals surface area contributed by atoms with Crippen molar-refractivity contribution in [1.29, 1.82) is 0 Å². The van der Waals surface area contributed by atoms with Crippen LogP contribution in [0.25, 0.3) is 0 Å². The third-order valence-corrected chi connectivity index (χ3v) is 3.99. The molecule has 0 radical (unpaired) electrons. The molecule has 1 saturated carbocycles. The van der Waals surface area contributed by atoms with E-state index in [1.807, 2.05) is 24.3 Å². The number of nitrogens with zero attached hydrogens (tertiary/aromatic N) is 3. The predicted molar refractivity (Wildman–Crippen MR) is 70.6 cm³/mol. The van der Waals surface area contributed by atoms with Crippen molar-refractivity contribution in [2.45, 2.75) is 38.1 Å². The summed E-state index contributed by atoms with van der Waals surface area (Å²) < 4.78 is 7.21. The van der Waals surface area contributed by atoms with E-state index < -0.39 is 0 Å². The molecule has 1 aromatic rings. The van der Waals surface area contributed by atoms with Crippen LogP contribution in [0.4, 0.5) is 4.79 Å². The van der Waals surface area contributed by atoms with Crippen LogP contribution in [0.5, 0.6) is 0 Å². The van der Waals surface area contributed by atoms with Crippen molar-refractivity contribution in [3.8, 4) is 0 Å². The predicted octanol–water partition coefficient (Wildman–Crippen LogP) is 2.49. The highest BCUT2D eigenvalue weighted by molar-refractivity contribution is 5.68. The Hall–Kier alpha value is -1.52. The lowest BCUT2D eigenvalue weighted by Crippen LogP contribution is -2.39. The second-order valence-electron chi connectivity index (χ2n) is 5.67. The number of carbonyl (C=O) groups excluding carboxylic acids is 1. The molecule has 2 aliphatic rings. The van der Waals surface area contributed by atoms with E-state index in [0.29, 0.717) is 12.5 Å². The van der Waals surface area contributed by atoms with Crippen molar-refractivity contribution >= 4 is 6.09 Å². The maximum Gasteiger partial charge on any atom is 0.410 e. The molecule has 1 saturated heterocycles. The van der Waals surface area contributed by atoms with E-state index in [9.17, 15) is 4.79 Å². The highest BCUT2D eigenvalue weighted by Gasteiger charge is 2.31. The Kier molecular flexibility index (Phi) is 3.44. The molecule has 0 N–H and O–H groups in total. The van der Waals surface area contributed by atoms with Crippen molar-refractivity contribution in [2.75, 3.05) is 13.2 Å². The van der Waals surface area contributed by atoms with Crippen molar-refractivity contribution < 1.29 is 9.53 Å². The molecule has 1 unspecified atom stereocenters. The lowest BCUT2D eigenvalue weighted by molar-refractivity contribution is 0.0698. The number of carbonyl (C=O) groups is 1. The summed E-state index contributed by atoms with van der Waals surface area (Å²) in [6, 6.07) is 0.133. The first-order valence-corrected chi connectivity index (χ1v) is 7.16. The normalized spacial score (nSPS) is 23.4. The Morgan fingerprint density at radius 1 is 1.42 bits per heavy atom. The minimum absolute atomic E-state index is 0.133. The van der Waals surface area contributed by atoms with Gasteiger partial charge in [0.25, 0.3) is 0 Å². The first-order valence-electron chi connectivity index (χ1n) is 7.16. The molecule has 0 bridgehead atoms. The van der Waals surface area contributed by atoms with Crippen LogP contribution in [0.1, 0.15) is 43.7 Å². The van der Waals surface area contributed by atoms with E-state index in [-0.39, 0.29) is 12.1 Å². The largest absolute Gasteiger partial charge is 0.449 e. The number of hydrogen-bond acceptors (Lipinski definition) is 3. The van der Waals surface area contributed by atoms with Gasteiger partial charge in [0, 0.05) is 25.4 Å². The van der Waals surface area contributed by atoms with Crippen LogP contribution in [-0.4, -0.2) is 33.9 Å². The molecular weight excluding hydrogens is 242 g/mol. The maximum absolute atomic E-state index is 12.2. The summed E-state index contributed by atoms with van der Waals surface area (Å²) in [5.41, 5.74) is 1.12. The molecule has 3 rings (SSSR count). The topological polar surface area (TPSA) is 47.4 Å². The van der Waals surface area contributed by atoms with Gasteiger partial charge in [-0.1, -0.05) is 0 Å². The zero-order valence-electron chi connectivity index (χ0n) is 11.4. The zero-order chi connectivity index (χ0) is 13.2. The van der Waals surface area contributed by atoms with Crippen LogP contribution in [0.2, 0.25) is 0 Å². The summed E-state index contributed by atoms with van der Waals surface area (Å²) in [6.07, 6.45) is 9.35. The Balaban J connectivity index is 1.67. The highest BCUT2D eigenvalue weighted by atomic mass is 16.6. The molecule has 1 atom stereocenters. The van der Waals surface area contributed by atoms with E-state index in [0.717, 1.165) is 31.4 Å². The first-order chi connectivity index (χ1) is 9.24. The van der Waals surface area contributed by atoms with Crippen LogP contribution in [-0.2, 0) is 11.8 Å². The van der Waals surface area contributed by atoms with E-state index in [1.165, 1.54) is 12.8 Å². The van der Waals surface area contributed by atoms with Gasteiger partial charge in [-0.15, -0.1) is 0 Å². The van der Waals surface area contributed by atoms with Gasteiger partial charge >= 0.3 is 6.09 Å². The van der Waals surface area contributed by atoms with Crippen molar-refractivity contribution in [1.82, 2.24) is 14.7 Å². The average Bonchev–Trinajstić information content (AvgIpc) is 3.16. The maximum atomic E-state index is 12.2. The molecule has 1 aromatic heterocycles. The summed E-state index contributed by atoms with van der Waals surface area (Å²) in [7, 11) is 1.90. The standard InChI is InChI=1S/C14H21N3O2/c1-16-9-12(8-15-16)13-4-2-3-7-17(13)14(18)19-10-11-5-6-11/h8-9,11,13H,2-7,10H2,1H3. The van der Waals surface area contributed by atoms with E-state index >= 15 is 0 Å². The van der Waals surface area contributed by atoms with Crippen molar-refractivity contribution in [3.63, 3.8) is 0 Å². The fourth-order valence-electron chi connectivity index (χ4n) is 2.67. The van der Waals surface area contributed by atoms with Crippen LogP contribution < -0.4 is 0 Å². The van der Waals surface area contributed by atoms with Gasteiger partial charge in [0.1, 0.15) is 0 Å². The molecule has 1 aliphatic carbocycles. The average molecular weight is 263 g/mol. The van der Waals surface area contributed by atoms with Crippen LogP contribution in [0.15, 0.2) is 12.4 Å². The Morgan fingerprint density at radius 3 is 2.95 bits per heavy atom. The second kappa shape index (κ2) is 5.23. The van der Waals surface area contributed by atoms with Crippen molar-refractivity contribution in [3.05, 3.63) is 18.0 Å². The van der Waals surface area contributed by atoms with Gasteiger partial charge in [-0.05, 0) is 38.0 Å². The van der Waals surface area contributed by atoms with Gasteiger partial charge in [0.2, 0.25) is 0 Å². The monoisotopic (exact) mass is 263 g/mol. The smallest absolute Gasteiger partial charge is 0.410 e. The van der Waals surface area contributed by atoms with E-state index in [4.69, 9.17) is 4.74 Å². The molecule has 0 spiro atoms. The molecule has 19 heavy (non-hydrogen) atoms. The van der Waals surface area contributed by atoms with Gasteiger partial charge in [0.15, 0.2) is 0 Å². The lowest BCUT2D eigenvalue weighted by atomic mass is 9.98. The summed E-state index contributed by atoms with van der Waals surface area (Å²) in [5, 5.41) is 4.21. The Morgan fingerprint density at radius 2 is 2.26 bits per heavy atom. The highest BCUT2D eigenvalue weighted by Crippen LogP contribution is 2.32. The van der Waals surface area contributed by atoms with Gasteiger partial charge in [-0.25, -0.2) is 4.79 Å². The quantitative estimate of drug-likeness (QED) is 0.841. The number of aromatic nitrogens is 2. The fraction of sp³-hybridized carbons (Fsp3) is 0.714. The van der Waals surface area contributed by atoms with Crippen LogP contribution in [0.3, 0.4) is 0 Å².